The molecule has 7 heteroatoms. The molecule has 0 saturated heterocycles. The van der Waals surface area contributed by atoms with Gasteiger partial charge >= 0.3 is 5.97 Å². The molecule has 6 nitrogen and oxygen atoms in total. The third-order valence-corrected chi connectivity index (χ3v) is 5.05. The van der Waals surface area contributed by atoms with Gasteiger partial charge in [-0.3, -0.25) is 4.72 Å². The lowest BCUT2D eigenvalue weighted by molar-refractivity contribution is 0.0696. The second-order valence-electron chi connectivity index (χ2n) is 5.17. The lowest BCUT2D eigenvalue weighted by Gasteiger charge is -2.11. The highest BCUT2D eigenvalue weighted by molar-refractivity contribution is 7.92. The summed E-state index contributed by atoms with van der Waals surface area (Å²) in [6.07, 6.45) is 1.77. The zero-order valence-corrected chi connectivity index (χ0v) is 13.0. The zero-order valence-electron chi connectivity index (χ0n) is 12.2. The summed E-state index contributed by atoms with van der Waals surface area (Å²) in [5.41, 5.74) is 1.72. The molecule has 3 aromatic rings. The van der Waals surface area contributed by atoms with Crippen molar-refractivity contribution in [2.45, 2.75) is 11.8 Å². The van der Waals surface area contributed by atoms with E-state index in [1.165, 1.54) is 12.1 Å². The Labute approximate surface area is 132 Å². The summed E-state index contributed by atoms with van der Waals surface area (Å²) in [5, 5.41) is 9.91. The summed E-state index contributed by atoms with van der Waals surface area (Å²) >= 11 is 0. The predicted octanol–water partition coefficient (Wildman–Crippen LogP) is 2.98. The number of rotatable bonds is 4. The van der Waals surface area contributed by atoms with Crippen LogP contribution >= 0.6 is 0 Å². The third kappa shape index (κ3) is 2.91. The van der Waals surface area contributed by atoms with E-state index in [0.29, 0.717) is 11.3 Å². The fourth-order valence-corrected chi connectivity index (χ4v) is 3.67. The highest BCUT2D eigenvalue weighted by Gasteiger charge is 2.19. The molecule has 0 aliphatic carbocycles. The first-order valence-electron chi connectivity index (χ1n) is 6.81. The average Bonchev–Trinajstić information content (AvgIpc) is 2.94. The van der Waals surface area contributed by atoms with Crippen LogP contribution in [0.15, 0.2) is 53.6 Å². The normalized spacial score (nSPS) is 11.5. The number of nitrogens with one attached hydrogen (secondary N) is 2. The molecule has 118 valence electrons. The van der Waals surface area contributed by atoms with E-state index in [2.05, 4.69) is 9.71 Å². The molecular weight excluding hydrogens is 316 g/mol. The topological polar surface area (TPSA) is 99.3 Å². The number of aryl methyl sites for hydroxylation is 1. The van der Waals surface area contributed by atoms with Crippen molar-refractivity contribution >= 4 is 32.6 Å². The van der Waals surface area contributed by atoms with Gasteiger partial charge < -0.3 is 10.1 Å². The van der Waals surface area contributed by atoms with Crippen LogP contribution in [0, 0.1) is 6.92 Å². The number of aromatic nitrogens is 1. The van der Waals surface area contributed by atoms with Gasteiger partial charge in [0.1, 0.15) is 0 Å². The van der Waals surface area contributed by atoms with Crippen molar-refractivity contribution < 1.29 is 18.3 Å². The number of carbonyl (C=O) groups is 1. The number of carboxylic acid groups (broad SMARTS) is 1. The van der Waals surface area contributed by atoms with Crippen LogP contribution in [0.5, 0.6) is 0 Å². The number of hydrogen-bond acceptors (Lipinski definition) is 3. The van der Waals surface area contributed by atoms with Gasteiger partial charge in [0.15, 0.2) is 0 Å². The minimum atomic E-state index is -3.88. The van der Waals surface area contributed by atoms with Gasteiger partial charge in [0, 0.05) is 22.8 Å². The first-order chi connectivity index (χ1) is 10.9. The Morgan fingerprint density at radius 1 is 1.13 bits per heavy atom. The summed E-state index contributed by atoms with van der Waals surface area (Å²) in [7, 11) is -3.88. The number of benzene rings is 2. The van der Waals surface area contributed by atoms with Crippen molar-refractivity contribution in [2.24, 2.45) is 0 Å². The molecule has 1 aromatic heterocycles. The molecule has 2 aromatic carbocycles. The first kappa shape index (κ1) is 15.1. The van der Waals surface area contributed by atoms with Crippen molar-refractivity contribution in [3.05, 3.63) is 59.8 Å². The fourth-order valence-electron chi connectivity index (χ4n) is 2.35. The van der Waals surface area contributed by atoms with E-state index in [-0.39, 0.29) is 10.5 Å². The molecule has 0 unspecified atom stereocenters. The van der Waals surface area contributed by atoms with Gasteiger partial charge in [-0.2, -0.15) is 0 Å². The lowest BCUT2D eigenvalue weighted by Crippen LogP contribution is -2.15. The van der Waals surface area contributed by atoms with Crippen LogP contribution in [0.25, 0.3) is 10.9 Å². The highest BCUT2D eigenvalue weighted by Crippen LogP contribution is 2.23. The molecule has 0 spiro atoms. The van der Waals surface area contributed by atoms with Crippen molar-refractivity contribution in [3.8, 4) is 0 Å². The Morgan fingerprint density at radius 3 is 2.65 bits per heavy atom. The third-order valence-electron chi connectivity index (χ3n) is 3.53. The number of anilines is 1. The fraction of sp³-hybridized carbons (Fsp3) is 0.0625. The van der Waals surface area contributed by atoms with E-state index in [0.717, 1.165) is 17.0 Å². The Kier molecular flexibility index (Phi) is 3.57. The van der Waals surface area contributed by atoms with E-state index in [9.17, 15) is 13.2 Å². The summed E-state index contributed by atoms with van der Waals surface area (Å²) in [4.78, 5) is 14.0. The van der Waals surface area contributed by atoms with Crippen molar-refractivity contribution in [2.75, 3.05) is 4.72 Å². The molecule has 0 radical (unpaired) electrons. The van der Waals surface area contributed by atoms with Crippen LogP contribution in [0.1, 0.15) is 15.9 Å². The standard InChI is InChI=1S/C16H14N2O4S/c1-10-2-3-12(16(19)20)9-15(10)23(21,22)18-13-4-5-14-11(8-13)6-7-17-14/h2-9,17-18H,1H3,(H,19,20). The smallest absolute Gasteiger partial charge is 0.335 e. The predicted molar refractivity (Wildman–Crippen MR) is 87.2 cm³/mol. The molecule has 0 amide bonds. The monoisotopic (exact) mass is 330 g/mol. The van der Waals surface area contributed by atoms with Gasteiger partial charge in [0.25, 0.3) is 10.0 Å². The lowest BCUT2D eigenvalue weighted by atomic mass is 10.1. The summed E-state index contributed by atoms with van der Waals surface area (Å²) in [6.45, 7) is 1.62. The molecular formula is C16H14N2O4S. The van der Waals surface area contributed by atoms with Crippen molar-refractivity contribution in [1.29, 1.82) is 0 Å². The van der Waals surface area contributed by atoms with Crippen LogP contribution in [-0.2, 0) is 10.0 Å². The van der Waals surface area contributed by atoms with Crippen LogP contribution < -0.4 is 4.72 Å². The van der Waals surface area contributed by atoms with Gasteiger partial charge in [-0.1, -0.05) is 6.07 Å². The number of aromatic carboxylic acids is 1. The summed E-state index contributed by atoms with van der Waals surface area (Å²) in [5.74, 6) is -1.17. The van der Waals surface area contributed by atoms with Crippen molar-refractivity contribution in [1.82, 2.24) is 4.98 Å². The molecule has 0 saturated carbocycles. The number of hydrogen-bond donors (Lipinski definition) is 3. The number of carboxylic acids is 1. The Hall–Kier alpha value is -2.80. The van der Waals surface area contributed by atoms with E-state index in [4.69, 9.17) is 5.11 Å². The molecule has 0 aliphatic heterocycles. The number of sulfonamides is 1. The Morgan fingerprint density at radius 2 is 1.91 bits per heavy atom. The van der Waals surface area contributed by atoms with Crippen LogP contribution in [-0.4, -0.2) is 24.5 Å². The highest BCUT2D eigenvalue weighted by atomic mass is 32.2. The largest absolute Gasteiger partial charge is 0.478 e. The molecule has 3 rings (SSSR count). The number of fused-ring (bicyclic) bond motifs is 1. The second kappa shape index (κ2) is 5.44. The van der Waals surface area contributed by atoms with Gasteiger partial charge in [0.2, 0.25) is 0 Å². The van der Waals surface area contributed by atoms with E-state index < -0.39 is 16.0 Å². The molecule has 23 heavy (non-hydrogen) atoms. The number of H-pyrrole nitrogens is 1. The van der Waals surface area contributed by atoms with Gasteiger partial charge in [-0.15, -0.1) is 0 Å². The molecule has 0 bridgehead atoms. The quantitative estimate of drug-likeness (QED) is 0.685. The molecule has 3 N–H and O–H groups in total. The maximum atomic E-state index is 12.6. The Balaban J connectivity index is 2.01. The zero-order chi connectivity index (χ0) is 16.6. The molecule has 1 heterocycles. The first-order valence-corrected chi connectivity index (χ1v) is 8.29. The maximum absolute atomic E-state index is 12.6. The van der Waals surface area contributed by atoms with Gasteiger partial charge in [-0.25, -0.2) is 13.2 Å². The average molecular weight is 330 g/mol. The SMILES string of the molecule is Cc1ccc(C(=O)O)cc1S(=O)(=O)Nc1ccc2[nH]ccc2c1. The van der Waals surface area contributed by atoms with Crippen LogP contribution in [0.3, 0.4) is 0 Å². The van der Waals surface area contributed by atoms with Gasteiger partial charge in [0.05, 0.1) is 10.5 Å². The van der Waals surface area contributed by atoms with E-state index in [1.807, 2.05) is 6.07 Å². The molecule has 0 fully saturated rings. The van der Waals surface area contributed by atoms with Gasteiger partial charge in [-0.05, 0) is 48.9 Å². The van der Waals surface area contributed by atoms with E-state index >= 15 is 0 Å². The summed E-state index contributed by atoms with van der Waals surface area (Å²) < 4.78 is 27.6. The molecule has 0 aliphatic rings. The van der Waals surface area contributed by atoms with Crippen molar-refractivity contribution in [3.63, 3.8) is 0 Å². The second-order valence-corrected chi connectivity index (χ2v) is 6.82. The number of aromatic amines is 1. The van der Waals surface area contributed by atoms with E-state index in [1.54, 1.807) is 31.3 Å². The molecule has 0 atom stereocenters. The van der Waals surface area contributed by atoms with Crippen LogP contribution in [0.2, 0.25) is 0 Å². The minimum Gasteiger partial charge on any atom is -0.478 e. The maximum Gasteiger partial charge on any atom is 0.335 e. The summed E-state index contributed by atoms with van der Waals surface area (Å²) in [6, 6.07) is 11.0. The Bertz CT molecular complexity index is 1010. The van der Waals surface area contributed by atoms with Crippen LogP contribution in [0.4, 0.5) is 5.69 Å². The minimum absolute atomic E-state index is 0.0495.